The molecule has 2 unspecified atom stereocenters. The molecule has 2 heterocycles. The molecule has 4 rings (SSSR count). The number of aromatic nitrogens is 1. The largest absolute Gasteiger partial charge is 0.376 e. The molecular formula is C18H20N2O. The van der Waals surface area contributed by atoms with Gasteiger partial charge in [0, 0.05) is 28.4 Å². The summed E-state index contributed by atoms with van der Waals surface area (Å²) < 4.78 is 5.87. The van der Waals surface area contributed by atoms with Crippen LogP contribution in [0.25, 0.3) is 21.8 Å². The summed E-state index contributed by atoms with van der Waals surface area (Å²) in [5.41, 5.74) is 3.70. The molecule has 0 amide bonds. The smallest absolute Gasteiger partial charge is 0.0770 e. The molecule has 0 bridgehead atoms. The van der Waals surface area contributed by atoms with Crippen molar-refractivity contribution in [2.24, 2.45) is 0 Å². The monoisotopic (exact) mass is 280 g/mol. The van der Waals surface area contributed by atoms with Crippen LogP contribution in [0.3, 0.4) is 0 Å². The predicted octanol–water partition coefficient (Wildman–Crippen LogP) is 3.76. The van der Waals surface area contributed by atoms with Crippen molar-refractivity contribution >= 4 is 21.8 Å². The molecule has 2 aromatic carbocycles. The van der Waals surface area contributed by atoms with Crippen LogP contribution < -0.4 is 5.32 Å². The summed E-state index contributed by atoms with van der Waals surface area (Å²) in [6.45, 7) is 0.887. The number of aromatic amines is 1. The standard InChI is InChI=1S/C18H20N2O/c1-19-18(17-7-4-10-21-17)12-8-9-16-14(11-12)13-5-2-3-6-15(13)20-16/h2-3,5-6,8-9,11,17-20H,4,7,10H2,1H3. The summed E-state index contributed by atoms with van der Waals surface area (Å²) in [6, 6.07) is 15.4. The average Bonchev–Trinajstić information content (AvgIpc) is 3.15. The Morgan fingerprint density at radius 3 is 2.81 bits per heavy atom. The minimum absolute atomic E-state index is 0.269. The van der Waals surface area contributed by atoms with Gasteiger partial charge in [-0.05, 0) is 43.7 Å². The summed E-state index contributed by atoms with van der Waals surface area (Å²) in [5.74, 6) is 0. The molecule has 1 aliphatic rings. The van der Waals surface area contributed by atoms with Gasteiger partial charge in [-0.1, -0.05) is 24.3 Å². The highest BCUT2D eigenvalue weighted by Gasteiger charge is 2.26. The van der Waals surface area contributed by atoms with Crippen LogP contribution in [0.15, 0.2) is 42.5 Å². The van der Waals surface area contributed by atoms with Gasteiger partial charge < -0.3 is 15.0 Å². The van der Waals surface area contributed by atoms with Gasteiger partial charge >= 0.3 is 0 Å². The molecule has 2 atom stereocenters. The van der Waals surface area contributed by atoms with Crippen LogP contribution >= 0.6 is 0 Å². The highest BCUT2D eigenvalue weighted by molar-refractivity contribution is 6.07. The lowest BCUT2D eigenvalue weighted by molar-refractivity contribution is 0.0808. The molecular weight excluding hydrogens is 260 g/mol. The number of likely N-dealkylation sites (N-methyl/N-ethyl adjacent to an activating group) is 1. The van der Waals surface area contributed by atoms with Crippen LogP contribution in [0.1, 0.15) is 24.4 Å². The van der Waals surface area contributed by atoms with Crippen molar-refractivity contribution < 1.29 is 4.74 Å². The van der Waals surface area contributed by atoms with Crippen LogP contribution in [0, 0.1) is 0 Å². The van der Waals surface area contributed by atoms with Gasteiger partial charge in [0.15, 0.2) is 0 Å². The minimum atomic E-state index is 0.269. The number of benzene rings is 2. The maximum absolute atomic E-state index is 5.87. The van der Waals surface area contributed by atoms with Gasteiger partial charge in [-0.3, -0.25) is 0 Å². The zero-order valence-corrected chi connectivity index (χ0v) is 12.2. The van der Waals surface area contributed by atoms with E-state index < -0.39 is 0 Å². The number of nitrogens with one attached hydrogen (secondary N) is 2. The minimum Gasteiger partial charge on any atom is -0.376 e. The van der Waals surface area contributed by atoms with Gasteiger partial charge in [0.2, 0.25) is 0 Å². The fourth-order valence-corrected chi connectivity index (χ4v) is 3.49. The number of H-pyrrole nitrogens is 1. The van der Waals surface area contributed by atoms with Crippen LogP contribution in [0.2, 0.25) is 0 Å². The van der Waals surface area contributed by atoms with Crippen molar-refractivity contribution in [1.82, 2.24) is 10.3 Å². The molecule has 2 N–H and O–H groups in total. The molecule has 0 saturated carbocycles. The van der Waals surface area contributed by atoms with E-state index in [1.165, 1.54) is 27.4 Å². The average molecular weight is 280 g/mol. The Kier molecular flexibility index (Phi) is 3.17. The fourth-order valence-electron chi connectivity index (χ4n) is 3.49. The molecule has 3 nitrogen and oxygen atoms in total. The molecule has 1 fully saturated rings. The molecule has 108 valence electrons. The van der Waals surface area contributed by atoms with Crippen molar-refractivity contribution in [2.45, 2.75) is 25.0 Å². The normalized spacial score (nSPS) is 20.3. The molecule has 0 aliphatic carbocycles. The molecule has 3 heteroatoms. The summed E-state index contributed by atoms with van der Waals surface area (Å²) in [7, 11) is 2.02. The SMILES string of the molecule is CNC(c1ccc2[nH]c3ccccc3c2c1)C1CCCO1. The third kappa shape index (κ3) is 2.13. The summed E-state index contributed by atoms with van der Waals surface area (Å²) >= 11 is 0. The zero-order chi connectivity index (χ0) is 14.2. The number of rotatable bonds is 3. The number of fused-ring (bicyclic) bond motifs is 3. The third-order valence-electron chi connectivity index (χ3n) is 4.54. The number of hydrogen-bond acceptors (Lipinski definition) is 2. The van der Waals surface area contributed by atoms with E-state index in [1.807, 2.05) is 7.05 Å². The second kappa shape index (κ2) is 5.17. The first kappa shape index (κ1) is 12.9. The van der Waals surface area contributed by atoms with Crippen molar-refractivity contribution in [3.8, 4) is 0 Å². The van der Waals surface area contributed by atoms with E-state index in [2.05, 4.69) is 52.8 Å². The molecule has 3 aromatic rings. The first-order valence-electron chi connectivity index (χ1n) is 7.66. The molecule has 1 aliphatic heterocycles. The Hall–Kier alpha value is -1.84. The lowest BCUT2D eigenvalue weighted by atomic mass is 9.97. The van der Waals surface area contributed by atoms with Gasteiger partial charge in [0.25, 0.3) is 0 Å². The van der Waals surface area contributed by atoms with Gasteiger partial charge in [-0.2, -0.15) is 0 Å². The summed E-state index contributed by atoms with van der Waals surface area (Å²) in [5, 5.41) is 6.01. The zero-order valence-electron chi connectivity index (χ0n) is 12.2. The van der Waals surface area contributed by atoms with E-state index in [0.29, 0.717) is 0 Å². The Morgan fingerprint density at radius 1 is 1.14 bits per heavy atom. The first-order valence-corrected chi connectivity index (χ1v) is 7.66. The topological polar surface area (TPSA) is 37.0 Å². The van der Waals surface area contributed by atoms with Crippen molar-refractivity contribution in [1.29, 1.82) is 0 Å². The highest BCUT2D eigenvalue weighted by atomic mass is 16.5. The van der Waals surface area contributed by atoms with Gasteiger partial charge in [-0.15, -0.1) is 0 Å². The number of ether oxygens (including phenoxy) is 1. The Bertz CT molecular complexity index is 771. The second-order valence-electron chi connectivity index (χ2n) is 5.79. The van der Waals surface area contributed by atoms with E-state index in [1.54, 1.807) is 0 Å². The van der Waals surface area contributed by atoms with Crippen LogP contribution in [-0.2, 0) is 4.74 Å². The quantitative estimate of drug-likeness (QED) is 0.766. The molecule has 0 spiro atoms. The van der Waals surface area contributed by atoms with E-state index in [9.17, 15) is 0 Å². The van der Waals surface area contributed by atoms with Gasteiger partial charge in [0.05, 0.1) is 12.1 Å². The van der Waals surface area contributed by atoms with Gasteiger partial charge in [-0.25, -0.2) is 0 Å². The van der Waals surface area contributed by atoms with E-state index in [0.717, 1.165) is 19.4 Å². The lowest BCUT2D eigenvalue weighted by Gasteiger charge is -2.23. The summed E-state index contributed by atoms with van der Waals surface area (Å²) in [4.78, 5) is 3.48. The van der Waals surface area contributed by atoms with E-state index in [4.69, 9.17) is 4.74 Å². The second-order valence-corrected chi connectivity index (χ2v) is 5.79. The van der Waals surface area contributed by atoms with Crippen LogP contribution in [0.4, 0.5) is 0 Å². The lowest BCUT2D eigenvalue weighted by Crippen LogP contribution is -2.28. The summed E-state index contributed by atoms with van der Waals surface area (Å²) in [6.07, 6.45) is 2.59. The molecule has 21 heavy (non-hydrogen) atoms. The molecule has 1 saturated heterocycles. The number of hydrogen-bond donors (Lipinski definition) is 2. The molecule has 0 radical (unpaired) electrons. The highest BCUT2D eigenvalue weighted by Crippen LogP contribution is 2.31. The first-order chi connectivity index (χ1) is 10.4. The number of para-hydroxylation sites is 1. The third-order valence-corrected chi connectivity index (χ3v) is 4.54. The predicted molar refractivity (Wildman–Crippen MR) is 86.6 cm³/mol. The maximum Gasteiger partial charge on any atom is 0.0770 e. The van der Waals surface area contributed by atoms with E-state index >= 15 is 0 Å². The molecule has 1 aromatic heterocycles. The van der Waals surface area contributed by atoms with Crippen LogP contribution in [0.5, 0.6) is 0 Å². The maximum atomic E-state index is 5.87. The van der Waals surface area contributed by atoms with Crippen LogP contribution in [-0.4, -0.2) is 24.7 Å². The van der Waals surface area contributed by atoms with Crippen molar-refractivity contribution in [3.05, 3.63) is 48.0 Å². The van der Waals surface area contributed by atoms with Crippen molar-refractivity contribution in [3.63, 3.8) is 0 Å². The van der Waals surface area contributed by atoms with E-state index in [-0.39, 0.29) is 12.1 Å². The van der Waals surface area contributed by atoms with Crippen molar-refractivity contribution in [2.75, 3.05) is 13.7 Å². The Labute approximate surface area is 124 Å². The Balaban J connectivity index is 1.83. The van der Waals surface area contributed by atoms with Gasteiger partial charge in [0.1, 0.15) is 0 Å². The fraction of sp³-hybridized carbons (Fsp3) is 0.333. The Morgan fingerprint density at radius 2 is 2.00 bits per heavy atom.